The first-order chi connectivity index (χ1) is 8.15. The van der Waals surface area contributed by atoms with E-state index in [4.69, 9.17) is 0 Å². The summed E-state index contributed by atoms with van der Waals surface area (Å²) in [5.74, 6) is 0.486. The first-order valence-corrected chi connectivity index (χ1v) is 7.16. The summed E-state index contributed by atoms with van der Waals surface area (Å²) in [6.07, 6.45) is 7.02. The third-order valence-corrected chi connectivity index (χ3v) is 4.87. The van der Waals surface area contributed by atoms with Crippen molar-refractivity contribution in [3.63, 3.8) is 0 Å². The highest BCUT2D eigenvalue weighted by molar-refractivity contribution is 4.88. The quantitative estimate of drug-likeness (QED) is 0.786. The van der Waals surface area contributed by atoms with Crippen molar-refractivity contribution >= 4 is 0 Å². The second-order valence-corrected chi connectivity index (χ2v) is 6.22. The Labute approximate surface area is 105 Å². The van der Waals surface area contributed by atoms with Gasteiger partial charge in [0.2, 0.25) is 0 Å². The SMILES string of the molecule is CC(O)C1CCN(CC2(CO)CCCC2)CC1. The van der Waals surface area contributed by atoms with Gasteiger partial charge in [0, 0.05) is 18.6 Å². The number of aliphatic hydroxyl groups excluding tert-OH is 2. The molecule has 3 nitrogen and oxygen atoms in total. The first-order valence-electron chi connectivity index (χ1n) is 7.16. The lowest BCUT2D eigenvalue weighted by Gasteiger charge is -2.38. The minimum Gasteiger partial charge on any atom is -0.396 e. The lowest BCUT2D eigenvalue weighted by Crippen LogP contribution is -2.44. The number of likely N-dealkylation sites (tertiary alicyclic amines) is 1. The van der Waals surface area contributed by atoms with Crippen molar-refractivity contribution in [2.75, 3.05) is 26.2 Å². The van der Waals surface area contributed by atoms with E-state index in [1.165, 1.54) is 25.7 Å². The van der Waals surface area contributed by atoms with Crippen LogP contribution >= 0.6 is 0 Å². The lowest BCUT2D eigenvalue weighted by atomic mass is 9.85. The van der Waals surface area contributed by atoms with Gasteiger partial charge >= 0.3 is 0 Å². The van der Waals surface area contributed by atoms with Crippen LogP contribution in [-0.4, -0.2) is 47.5 Å². The van der Waals surface area contributed by atoms with Gasteiger partial charge in [-0.2, -0.15) is 0 Å². The Morgan fingerprint density at radius 2 is 1.82 bits per heavy atom. The predicted molar refractivity (Wildman–Crippen MR) is 68.8 cm³/mol. The maximum Gasteiger partial charge on any atom is 0.0541 e. The Balaban J connectivity index is 1.81. The predicted octanol–water partition coefficient (Wildman–Crippen LogP) is 1.63. The molecule has 1 saturated carbocycles. The summed E-state index contributed by atoms with van der Waals surface area (Å²) in [5, 5.41) is 19.2. The molecule has 0 spiro atoms. The zero-order valence-electron chi connectivity index (χ0n) is 11.1. The molecule has 0 bridgehead atoms. The topological polar surface area (TPSA) is 43.7 Å². The van der Waals surface area contributed by atoms with Crippen molar-refractivity contribution in [3.8, 4) is 0 Å². The van der Waals surface area contributed by atoms with Crippen LogP contribution in [0.3, 0.4) is 0 Å². The summed E-state index contributed by atoms with van der Waals surface area (Å²) < 4.78 is 0. The molecule has 1 aliphatic heterocycles. The van der Waals surface area contributed by atoms with E-state index in [1.807, 2.05) is 6.92 Å². The highest BCUT2D eigenvalue weighted by Crippen LogP contribution is 2.39. The fourth-order valence-corrected chi connectivity index (χ4v) is 3.56. The third kappa shape index (κ3) is 3.21. The van der Waals surface area contributed by atoms with Crippen molar-refractivity contribution in [2.24, 2.45) is 11.3 Å². The molecule has 100 valence electrons. The molecule has 0 amide bonds. The van der Waals surface area contributed by atoms with E-state index < -0.39 is 0 Å². The highest BCUT2D eigenvalue weighted by Gasteiger charge is 2.36. The van der Waals surface area contributed by atoms with Gasteiger partial charge < -0.3 is 15.1 Å². The van der Waals surface area contributed by atoms with E-state index in [0.717, 1.165) is 32.5 Å². The standard InChI is InChI=1S/C14H27NO2/c1-12(17)13-4-8-15(9-5-13)10-14(11-16)6-2-3-7-14/h12-13,16-17H,2-11H2,1H3. The van der Waals surface area contributed by atoms with Crippen molar-refractivity contribution < 1.29 is 10.2 Å². The van der Waals surface area contributed by atoms with Gasteiger partial charge in [-0.15, -0.1) is 0 Å². The van der Waals surface area contributed by atoms with Crippen LogP contribution < -0.4 is 0 Å². The number of nitrogens with zero attached hydrogens (tertiary/aromatic N) is 1. The molecule has 1 heterocycles. The zero-order chi connectivity index (χ0) is 12.3. The van der Waals surface area contributed by atoms with Crippen molar-refractivity contribution in [1.29, 1.82) is 0 Å². The molecular weight excluding hydrogens is 214 g/mol. The zero-order valence-corrected chi connectivity index (χ0v) is 11.1. The third-order valence-electron chi connectivity index (χ3n) is 4.87. The van der Waals surface area contributed by atoms with E-state index >= 15 is 0 Å². The van der Waals surface area contributed by atoms with Crippen LogP contribution in [0.2, 0.25) is 0 Å². The number of aliphatic hydroxyl groups is 2. The maximum absolute atomic E-state index is 9.62. The normalized spacial score (nSPS) is 28.4. The van der Waals surface area contributed by atoms with Crippen LogP contribution in [0.5, 0.6) is 0 Å². The van der Waals surface area contributed by atoms with Crippen LogP contribution in [0.15, 0.2) is 0 Å². The smallest absolute Gasteiger partial charge is 0.0541 e. The van der Waals surface area contributed by atoms with Gasteiger partial charge in [-0.25, -0.2) is 0 Å². The van der Waals surface area contributed by atoms with Crippen LogP contribution in [-0.2, 0) is 0 Å². The summed E-state index contributed by atoms with van der Waals surface area (Å²) in [4.78, 5) is 2.50. The number of hydrogen-bond donors (Lipinski definition) is 2. The van der Waals surface area contributed by atoms with Gasteiger partial charge in [0.1, 0.15) is 0 Å². The molecule has 1 atom stereocenters. The molecule has 0 aromatic heterocycles. The lowest BCUT2D eigenvalue weighted by molar-refractivity contribution is 0.0345. The molecule has 2 N–H and O–H groups in total. The van der Waals surface area contributed by atoms with Crippen LogP contribution in [0.4, 0.5) is 0 Å². The Morgan fingerprint density at radius 1 is 1.24 bits per heavy atom. The molecule has 2 aliphatic rings. The molecule has 1 aliphatic carbocycles. The monoisotopic (exact) mass is 241 g/mol. The Kier molecular flexibility index (Phi) is 4.45. The minimum atomic E-state index is -0.157. The van der Waals surface area contributed by atoms with Crippen LogP contribution in [0.1, 0.15) is 45.4 Å². The summed E-state index contributed by atoms with van der Waals surface area (Å²) in [5.41, 5.74) is 0.192. The summed E-state index contributed by atoms with van der Waals surface area (Å²) in [6.45, 7) is 5.51. The van der Waals surface area contributed by atoms with Gasteiger partial charge in [0.25, 0.3) is 0 Å². The minimum absolute atomic E-state index is 0.157. The fourth-order valence-electron chi connectivity index (χ4n) is 3.56. The van der Waals surface area contributed by atoms with E-state index in [2.05, 4.69) is 4.90 Å². The summed E-state index contributed by atoms with van der Waals surface area (Å²) in [6, 6.07) is 0. The maximum atomic E-state index is 9.62. The number of piperidine rings is 1. The molecule has 2 fully saturated rings. The molecule has 3 heteroatoms. The van der Waals surface area contributed by atoms with Gasteiger partial charge in [-0.05, 0) is 51.6 Å². The molecular formula is C14H27NO2. The fraction of sp³-hybridized carbons (Fsp3) is 1.00. The Hall–Kier alpha value is -0.120. The van der Waals surface area contributed by atoms with E-state index in [0.29, 0.717) is 12.5 Å². The second kappa shape index (κ2) is 5.68. The molecule has 0 aromatic carbocycles. The van der Waals surface area contributed by atoms with Crippen LogP contribution in [0, 0.1) is 11.3 Å². The van der Waals surface area contributed by atoms with Crippen molar-refractivity contribution in [1.82, 2.24) is 4.90 Å². The molecule has 17 heavy (non-hydrogen) atoms. The molecule has 2 rings (SSSR count). The summed E-state index contributed by atoms with van der Waals surface area (Å²) in [7, 11) is 0. The van der Waals surface area contributed by atoms with Gasteiger partial charge in [0.05, 0.1) is 6.10 Å². The summed E-state index contributed by atoms with van der Waals surface area (Å²) >= 11 is 0. The van der Waals surface area contributed by atoms with E-state index in [-0.39, 0.29) is 11.5 Å². The molecule has 1 saturated heterocycles. The number of rotatable bonds is 4. The van der Waals surface area contributed by atoms with Crippen molar-refractivity contribution in [2.45, 2.75) is 51.6 Å². The van der Waals surface area contributed by atoms with E-state index in [1.54, 1.807) is 0 Å². The molecule has 0 aromatic rings. The van der Waals surface area contributed by atoms with Crippen LogP contribution in [0.25, 0.3) is 0 Å². The first kappa shape index (κ1) is 13.3. The molecule has 0 radical (unpaired) electrons. The Bertz CT molecular complexity index is 228. The second-order valence-electron chi connectivity index (χ2n) is 6.22. The largest absolute Gasteiger partial charge is 0.396 e. The van der Waals surface area contributed by atoms with Gasteiger partial charge in [0.15, 0.2) is 0 Å². The average molecular weight is 241 g/mol. The average Bonchev–Trinajstić information content (AvgIpc) is 2.79. The van der Waals surface area contributed by atoms with E-state index in [9.17, 15) is 10.2 Å². The number of hydrogen-bond acceptors (Lipinski definition) is 3. The van der Waals surface area contributed by atoms with Crippen molar-refractivity contribution in [3.05, 3.63) is 0 Å². The Morgan fingerprint density at radius 3 is 2.29 bits per heavy atom. The molecule has 1 unspecified atom stereocenters. The van der Waals surface area contributed by atoms with Gasteiger partial charge in [-0.3, -0.25) is 0 Å². The highest BCUT2D eigenvalue weighted by atomic mass is 16.3. The van der Waals surface area contributed by atoms with Gasteiger partial charge in [-0.1, -0.05) is 12.8 Å².